The maximum absolute atomic E-state index is 12.3. The Balaban J connectivity index is 2.86. The van der Waals surface area contributed by atoms with Crippen LogP contribution in [0, 0.1) is 19.8 Å². The number of carbonyl (C=O) groups excluding carboxylic acids is 1. The van der Waals surface area contributed by atoms with E-state index in [0.717, 1.165) is 11.1 Å². The van der Waals surface area contributed by atoms with Crippen LogP contribution in [0.3, 0.4) is 0 Å². The van der Waals surface area contributed by atoms with Gasteiger partial charge in [0.25, 0.3) is 5.91 Å². The highest BCUT2D eigenvalue weighted by Gasteiger charge is 2.18. The van der Waals surface area contributed by atoms with Crippen molar-refractivity contribution in [2.45, 2.75) is 20.8 Å². The molecule has 0 aliphatic carbocycles. The number of hydrogen-bond donors (Lipinski definition) is 2. The molecule has 1 aromatic rings. The molecule has 1 atom stereocenters. The van der Waals surface area contributed by atoms with Crippen LogP contribution < -0.4 is 5.73 Å². The minimum Gasteiger partial charge on any atom is -0.409 e. The standard InChI is InChI=1S/C14H21N3O2/c1-9-6-5-7-12(11(9)3)14(18)17(4)8-10(2)13(15)16-19/h5-7,10,19H,8H2,1-4H3,(H2,15,16). The molecule has 3 N–H and O–H groups in total. The third kappa shape index (κ3) is 3.47. The largest absolute Gasteiger partial charge is 0.409 e. The SMILES string of the molecule is Cc1cccc(C(=O)N(C)CC(C)/C(N)=N/O)c1C. The second kappa shape index (κ2) is 6.22. The van der Waals surface area contributed by atoms with Crippen LogP contribution in [-0.2, 0) is 0 Å². The fourth-order valence-electron chi connectivity index (χ4n) is 1.87. The van der Waals surface area contributed by atoms with E-state index in [9.17, 15) is 4.79 Å². The van der Waals surface area contributed by atoms with E-state index in [4.69, 9.17) is 10.9 Å². The van der Waals surface area contributed by atoms with E-state index in [1.807, 2.05) is 39.0 Å². The Morgan fingerprint density at radius 3 is 2.68 bits per heavy atom. The molecule has 5 heteroatoms. The van der Waals surface area contributed by atoms with Crippen molar-refractivity contribution in [3.8, 4) is 0 Å². The van der Waals surface area contributed by atoms with Gasteiger partial charge in [0.2, 0.25) is 0 Å². The van der Waals surface area contributed by atoms with Crippen molar-refractivity contribution >= 4 is 11.7 Å². The first-order valence-corrected chi connectivity index (χ1v) is 6.17. The number of hydrogen-bond acceptors (Lipinski definition) is 3. The maximum Gasteiger partial charge on any atom is 0.253 e. The number of carbonyl (C=O) groups is 1. The Morgan fingerprint density at radius 2 is 2.11 bits per heavy atom. The van der Waals surface area contributed by atoms with Crippen molar-refractivity contribution < 1.29 is 10.0 Å². The second-order valence-electron chi connectivity index (χ2n) is 4.86. The van der Waals surface area contributed by atoms with Gasteiger partial charge in [-0.25, -0.2) is 0 Å². The third-order valence-corrected chi connectivity index (χ3v) is 3.35. The Hall–Kier alpha value is -2.04. The number of aryl methyl sites for hydroxylation is 1. The fraction of sp³-hybridized carbons (Fsp3) is 0.429. The number of amidine groups is 1. The van der Waals surface area contributed by atoms with Gasteiger partial charge >= 0.3 is 0 Å². The smallest absolute Gasteiger partial charge is 0.253 e. The van der Waals surface area contributed by atoms with Crippen LogP contribution in [0.25, 0.3) is 0 Å². The van der Waals surface area contributed by atoms with Crippen molar-refractivity contribution in [2.24, 2.45) is 16.8 Å². The van der Waals surface area contributed by atoms with Crippen LogP contribution in [0.2, 0.25) is 0 Å². The Labute approximate surface area is 113 Å². The Morgan fingerprint density at radius 1 is 1.47 bits per heavy atom. The zero-order chi connectivity index (χ0) is 14.6. The van der Waals surface area contributed by atoms with Gasteiger partial charge in [-0.1, -0.05) is 24.2 Å². The Bertz CT molecular complexity index is 497. The monoisotopic (exact) mass is 263 g/mol. The van der Waals surface area contributed by atoms with E-state index < -0.39 is 0 Å². The molecule has 19 heavy (non-hydrogen) atoms. The van der Waals surface area contributed by atoms with Crippen LogP contribution >= 0.6 is 0 Å². The number of nitrogens with zero attached hydrogens (tertiary/aromatic N) is 2. The summed E-state index contributed by atoms with van der Waals surface area (Å²) in [5, 5.41) is 11.6. The molecule has 0 saturated carbocycles. The molecule has 1 amide bonds. The van der Waals surface area contributed by atoms with Crippen molar-refractivity contribution in [1.82, 2.24) is 4.90 Å². The summed E-state index contributed by atoms with van der Waals surface area (Å²) in [6, 6.07) is 5.66. The summed E-state index contributed by atoms with van der Waals surface area (Å²) in [6.45, 7) is 6.12. The summed E-state index contributed by atoms with van der Waals surface area (Å²) in [4.78, 5) is 13.9. The molecule has 1 unspecified atom stereocenters. The van der Waals surface area contributed by atoms with E-state index in [0.29, 0.717) is 12.1 Å². The summed E-state index contributed by atoms with van der Waals surface area (Å²) in [7, 11) is 1.71. The number of oxime groups is 1. The summed E-state index contributed by atoms with van der Waals surface area (Å²) >= 11 is 0. The maximum atomic E-state index is 12.3. The minimum atomic E-state index is -0.191. The molecular weight excluding hydrogens is 242 g/mol. The first-order chi connectivity index (χ1) is 8.88. The average molecular weight is 263 g/mol. The normalized spacial score (nSPS) is 13.2. The molecule has 0 aliphatic rings. The molecule has 1 aromatic carbocycles. The van der Waals surface area contributed by atoms with Gasteiger partial charge in [-0.05, 0) is 31.0 Å². The highest BCUT2D eigenvalue weighted by molar-refractivity contribution is 5.96. The molecule has 0 heterocycles. The average Bonchev–Trinajstić information content (AvgIpc) is 2.39. The lowest BCUT2D eigenvalue weighted by atomic mass is 10.0. The highest BCUT2D eigenvalue weighted by atomic mass is 16.4. The van der Waals surface area contributed by atoms with E-state index in [1.54, 1.807) is 11.9 Å². The highest BCUT2D eigenvalue weighted by Crippen LogP contribution is 2.15. The summed E-state index contributed by atoms with van der Waals surface area (Å²) in [5.74, 6) is -0.122. The van der Waals surface area contributed by atoms with Gasteiger partial charge in [0, 0.05) is 25.1 Å². The summed E-state index contributed by atoms with van der Waals surface area (Å²) in [6.07, 6.45) is 0. The van der Waals surface area contributed by atoms with Gasteiger partial charge in [0.15, 0.2) is 0 Å². The molecule has 104 valence electrons. The zero-order valence-corrected chi connectivity index (χ0v) is 11.8. The summed E-state index contributed by atoms with van der Waals surface area (Å²) in [5.41, 5.74) is 8.28. The minimum absolute atomic E-state index is 0.0567. The lowest BCUT2D eigenvalue weighted by Crippen LogP contribution is -2.36. The van der Waals surface area contributed by atoms with Crippen LogP contribution in [0.4, 0.5) is 0 Å². The molecule has 0 bridgehead atoms. The van der Waals surface area contributed by atoms with Gasteiger partial charge < -0.3 is 15.8 Å². The predicted molar refractivity (Wildman–Crippen MR) is 75.4 cm³/mol. The van der Waals surface area contributed by atoms with Crippen LogP contribution in [0.15, 0.2) is 23.4 Å². The van der Waals surface area contributed by atoms with Crippen molar-refractivity contribution in [2.75, 3.05) is 13.6 Å². The predicted octanol–water partition coefficient (Wildman–Crippen LogP) is 1.76. The van der Waals surface area contributed by atoms with Gasteiger partial charge in [-0.3, -0.25) is 4.79 Å². The molecule has 0 fully saturated rings. The van der Waals surface area contributed by atoms with E-state index in [1.165, 1.54) is 0 Å². The Kier molecular flexibility index (Phi) is 4.92. The van der Waals surface area contributed by atoms with Crippen molar-refractivity contribution in [3.05, 3.63) is 34.9 Å². The lowest BCUT2D eigenvalue weighted by Gasteiger charge is -2.22. The quantitative estimate of drug-likeness (QED) is 0.376. The van der Waals surface area contributed by atoms with E-state index >= 15 is 0 Å². The number of rotatable bonds is 4. The molecule has 0 saturated heterocycles. The number of nitrogens with two attached hydrogens (primary N) is 1. The fourth-order valence-corrected chi connectivity index (χ4v) is 1.87. The first-order valence-electron chi connectivity index (χ1n) is 6.17. The van der Waals surface area contributed by atoms with Gasteiger partial charge in [0.1, 0.15) is 5.84 Å². The van der Waals surface area contributed by atoms with Crippen LogP contribution in [0.5, 0.6) is 0 Å². The van der Waals surface area contributed by atoms with Gasteiger partial charge in [0.05, 0.1) is 0 Å². The molecule has 0 radical (unpaired) electrons. The van der Waals surface area contributed by atoms with Gasteiger partial charge in [-0.15, -0.1) is 0 Å². The van der Waals surface area contributed by atoms with Gasteiger partial charge in [-0.2, -0.15) is 0 Å². The zero-order valence-electron chi connectivity index (χ0n) is 11.8. The third-order valence-electron chi connectivity index (χ3n) is 3.35. The molecule has 0 spiro atoms. The van der Waals surface area contributed by atoms with Crippen molar-refractivity contribution in [1.29, 1.82) is 0 Å². The topological polar surface area (TPSA) is 78.9 Å². The lowest BCUT2D eigenvalue weighted by molar-refractivity contribution is 0.0785. The van der Waals surface area contributed by atoms with E-state index in [-0.39, 0.29) is 17.7 Å². The molecule has 5 nitrogen and oxygen atoms in total. The number of amides is 1. The molecule has 0 aromatic heterocycles. The van der Waals surface area contributed by atoms with Crippen molar-refractivity contribution in [3.63, 3.8) is 0 Å². The number of benzene rings is 1. The molecule has 1 rings (SSSR count). The van der Waals surface area contributed by atoms with E-state index in [2.05, 4.69) is 5.16 Å². The van der Waals surface area contributed by atoms with Crippen LogP contribution in [-0.4, -0.2) is 35.4 Å². The molecular formula is C14H21N3O2. The first kappa shape index (κ1) is 15.0. The molecule has 0 aliphatic heterocycles. The second-order valence-corrected chi connectivity index (χ2v) is 4.86. The van der Waals surface area contributed by atoms with Crippen LogP contribution in [0.1, 0.15) is 28.4 Å². The summed E-state index contributed by atoms with van der Waals surface area (Å²) < 4.78 is 0.